The van der Waals surface area contributed by atoms with Crippen molar-refractivity contribution in [2.75, 3.05) is 33.5 Å². The van der Waals surface area contributed by atoms with Crippen LogP contribution in [0, 0.1) is 5.92 Å². The van der Waals surface area contributed by atoms with Crippen LogP contribution in [0.5, 0.6) is 0 Å². The summed E-state index contributed by atoms with van der Waals surface area (Å²) in [5, 5.41) is 0. The third-order valence-electron chi connectivity index (χ3n) is 6.55. The van der Waals surface area contributed by atoms with Crippen molar-refractivity contribution >= 4 is 0 Å². The average molecular weight is 473 g/mol. The molecule has 0 spiro atoms. The lowest BCUT2D eigenvalue weighted by Crippen LogP contribution is -2.29. The van der Waals surface area contributed by atoms with Crippen LogP contribution in [0.3, 0.4) is 0 Å². The maximum atomic E-state index is 6.15. The van der Waals surface area contributed by atoms with Crippen LogP contribution in [-0.2, 0) is 23.7 Å². The first kappa shape index (κ1) is 30.8. The van der Waals surface area contributed by atoms with Crippen molar-refractivity contribution in [1.82, 2.24) is 0 Å². The molecule has 1 heterocycles. The summed E-state index contributed by atoms with van der Waals surface area (Å²) in [6.45, 7) is 13.2. The molecule has 5 nitrogen and oxygen atoms in total. The van der Waals surface area contributed by atoms with Gasteiger partial charge in [-0.15, -0.1) is 0 Å². The van der Waals surface area contributed by atoms with Crippen LogP contribution in [0.15, 0.2) is 0 Å². The van der Waals surface area contributed by atoms with Gasteiger partial charge in [0.2, 0.25) is 0 Å². The summed E-state index contributed by atoms with van der Waals surface area (Å²) in [6, 6.07) is 0. The number of methoxy groups -OCH3 is 1. The zero-order valence-corrected chi connectivity index (χ0v) is 22.9. The van der Waals surface area contributed by atoms with Crippen LogP contribution in [0.1, 0.15) is 118 Å². The van der Waals surface area contributed by atoms with Crippen molar-refractivity contribution in [2.45, 2.75) is 142 Å². The number of hydrogen-bond donors (Lipinski definition) is 0. The summed E-state index contributed by atoms with van der Waals surface area (Å²) in [4.78, 5) is 0. The van der Waals surface area contributed by atoms with E-state index >= 15 is 0 Å². The van der Waals surface area contributed by atoms with Crippen molar-refractivity contribution in [3.8, 4) is 0 Å². The molecule has 3 unspecified atom stereocenters. The zero-order chi connectivity index (χ0) is 24.4. The Balaban J connectivity index is 1.96. The topological polar surface area (TPSA) is 46.2 Å². The molecule has 33 heavy (non-hydrogen) atoms. The summed E-state index contributed by atoms with van der Waals surface area (Å²) in [5.41, 5.74) is 0. The number of rotatable bonds is 22. The Kier molecular flexibility index (Phi) is 17.8. The standard InChI is InChI=1S/C28H56O5/c1-24(2)18-15-13-11-9-7-8-10-12-14-16-19-27(25(3)29-6)31-21-17-20-30-22-26-23-32-28(4,5)33-26/h24-27H,7-23H2,1-6H3. The molecule has 0 aromatic rings. The van der Waals surface area contributed by atoms with Gasteiger partial charge in [-0.25, -0.2) is 0 Å². The highest BCUT2D eigenvalue weighted by Gasteiger charge is 2.32. The van der Waals surface area contributed by atoms with Crippen molar-refractivity contribution in [3.05, 3.63) is 0 Å². The minimum atomic E-state index is -0.479. The summed E-state index contributed by atoms with van der Waals surface area (Å²) in [6.07, 6.45) is 17.4. The van der Waals surface area contributed by atoms with Gasteiger partial charge >= 0.3 is 0 Å². The van der Waals surface area contributed by atoms with Crippen LogP contribution >= 0.6 is 0 Å². The Morgan fingerprint density at radius 3 is 1.88 bits per heavy atom. The minimum absolute atomic E-state index is 0.0388. The molecule has 1 aliphatic heterocycles. The SMILES string of the molecule is COC(C)C(CCCCCCCCCCCCC(C)C)OCCCOCC1COC(C)(C)O1. The van der Waals surface area contributed by atoms with E-state index in [1.807, 2.05) is 13.8 Å². The van der Waals surface area contributed by atoms with E-state index in [9.17, 15) is 0 Å². The molecule has 0 saturated carbocycles. The molecule has 0 radical (unpaired) electrons. The quantitative estimate of drug-likeness (QED) is 0.155. The molecule has 0 aliphatic carbocycles. The van der Waals surface area contributed by atoms with E-state index in [1.54, 1.807) is 7.11 Å². The number of ether oxygens (including phenoxy) is 5. The summed E-state index contributed by atoms with van der Waals surface area (Å²) in [7, 11) is 1.78. The largest absolute Gasteiger partial charge is 0.379 e. The molecule has 3 atom stereocenters. The summed E-state index contributed by atoms with van der Waals surface area (Å²) in [5.74, 6) is 0.384. The predicted octanol–water partition coefficient (Wildman–Crippen LogP) is 7.30. The molecule has 1 fully saturated rings. The van der Waals surface area contributed by atoms with Crippen LogP contribution < -0.4 is 0 Å². The van der Waals surface area contributed by atoms with Crippen LogP contribution in [-0.4, -0.2) is 57.6 Å². The first-order valence-corrected chi connectivity index (χ1v) is 13.9. The Morgan fingerprint density at radius 2 is 1.36 bits per heavy atom. The maximum Gasteiger partial charge on any atom is 0.163 e. The molecule has 198 valence electrons. The lowest BCUT2D eigenvalue weighted by molar-refractivity contribution is -0.145. The predicted molar refractivity (Wildman–Crippen MR) is 137 cm³/mol. The van der Waals surface area contributed by atoms with E-state index in [-0.39, 0.29) is 18.3 Å². The fraction of sp³-hybridized carbons (Fsp3) is 1.00. The second kappa shape index (κ2) is 19.0. The molecule has 1 aliphatic rings. The third kappa shape index (κ3) is 17.0. The highest BCUT2D eigenvalue weighted by atomic mass is 16.7. The van der Waals surface area contributed by atoms with Gasteiger partial charge in [-0.2, -0.15) is 0 Å². The lowest BCUT2D eigenvalue weighted by Gasteiger charge is -2.23. The Hall–Kier alpha value is -0.200. The molecule has 1 saturated heterocycles. The van der Waals surface area contributed by atoms with Gasteiger partial charge in [0.1, 0.15) is 6.10 Å². The molecule has 1 rings (SSSR count). The van der Waals surface area contributed by atoms with Crippen molar-refractivity contribution in [1.29, 1.82) is 0 Å². The molecule has 5 heteroatoms. The van der Waals surface area contributed by atoms with E-state index in [1.165, 1.54) is 70.6 Å². The average Bonchev–Trinajstić information content (AvgIpc) is 3.12. The molecular weight excluding hydrogens is 416 g/mol. The second-order valence-corrected chi connectivity index (χ2v) is 10.7. The fourth-order valence-electron chi connectivity index (χ4n) is 4.37. The first-order valence-electron chi connectivity index (χ1n) is 13.9. The smallest absolute Gasteiger partial charge is 0.163 e. The maximum absolute atomic E-state index is 6.15. The molecule has 0 aromatic heterocycles. The molecule has 0 amide bonds. The zero-order valence-electron chi connectivity index (χ0n) is 22.9. The van der Waals surface area contributed by atoms with Crippen molar-refractivity contribution < 1.29 is 23.7 Å². The second-order valence-electron chi connectivity index (χ2n) is 10.7. The lowest BCUT2D eigenvalue weighted by atomic mass is 10.0. The normalized spacial score (nSPS) is 19.9. The molecular formula is C28H56O5. The van der Waals surface area contributed by atoms with E-state index in [0.717, 1.165) is 18.8 Å². The van der Waals surface area contributed by atoms with Gasteiger partial charge in [-0.3, -0.25) is 0 Å². The molecule has 0 bridgehead atoms. The Morgan fingerprint density at radius 1 is 0.788 bits per heavy atom. The van der Waals surface area contributed by atoms with Crippen molar-refractivity contribution in [2.24, 2.45) is 5.92 Å². The minimum Gasteiger partial charge on any atom is -0.379 e. The summed E-state index contributed by atoms with van der Waals surface area (Å²) >= 11 is 0. The van der Waals surface area contributed by atoms with Crippen LogP contribution in [0.25, 0.3) is 0 Å². The van der Waals surface area contributed by atoms with Crippen LogP contribution in [0.4, 0.5) is 0 Å². The van der Waals surface area contributed by atoms with Gasteiger partial charge < -0.3 is 23.7 Å². The Labute approximate surface area is 205 Å². The van der Waals surface area contributed by atoms with E-state index in [4.69, 9.17) is 23.7 Å². The van der Waals surface area contributed by atoms with E-state index in [2.05, 4.69) is 20.8 Å². The molecule has 0 aromatic carbocycles. The van der Waals surface area contributed by atoms with Gasteiger partial charge in [0.25, 0.3) is 0 Å². The van der Waals surface area contributed by atoms with Gasteiger partial charge in [0, 0.05) is 20.3 Å². The number of hydrogen-bond acceptors (Lipinski definition) is 5. The first-order chi connectivity index (χ1) is 15.8. The number of unbranched alkanes of at least 4 members (excludes halogenated alkanes) is 9. The van der Waals surface area contributed by atoms with Gasteiger partial charge in [-0.1, -0.05) is 84.5 Å². The van der Waals surface area contributed by atoms with Gasteiger partial charge in [-0.05, 0) is 39.5 Å². The Bertz CT molecular complexity index is 440. The summed E-state index contributed by atoms with van der Waals surface area (Å²) < 4.78 is 28.8. The van der Waals surface area contributed by atoms with Crippen LogP contribution in [0.2, 0.25) is 0 Å². The third-order valence-corrected chi connectivity index (χ3v) is 6.55. The highest BCUT2D eigenvalue weighted by Crippen LogP contribution is 2.22. The van der Waals surface area contributed by atoms with E-state index < -0.39 is 5.79 Å². The van der Waals surface area contributed by atoms with Gasteiger partial charge in [0.05, 0.1) is 25.4 Å². The molecule has 0 N–H and O–H groups in total. The van der Waals surface area contributed by atoms with Crippen molar-refractivity contribution in [3.63, 3.8) is 0 Å². The van der Waals surface area contributed by atoms with Gasteiger partial charge in [0.15, 0.2) is 5.79 Å². The fourth-order valence-corrected chi connectivity index (χ4v) is 4.37. The van der Waals surface area contributed by atoms with E-state index in [0.29, 0.717) is 26.4 Å². The monoisotopic (exact) mass is 472 g/mol. The highest BCUT2D eigenvalue weighted by molar-refractivity contribution is 4.70.